The standard InChI is InChI=1S/C16H31NO3/c1-4-7-17-15(10-13(2)18-3)14-5-8-20-16(11-14)6-9-19-12-16/h13-15,17H,4-12H2,1-3H3. The van der Waals surface area contributed by atoms with E-state index in [0.717, 1.165) is 52.0 Å². The van der Waals surface area contributed by atoms with E-state index in [-0.39, 0.29) is 5.60 Å². The van der Waals surface area contributed by atoms with Gasteiger partial charge in [-0.2, -0.15) is 0 Å². The van der Waals surface area contributed by atoms with Gasteiger partial charge in [-0.15, -0.1) is 0 Å². The van der Waals surface area contributed by atoms with Gasteiger partial charge in [0.15, 0.2) is 0 Å². The molecule has 0 aromatic heterocycles. The molecular formula is C16H31NO3. The van der Waals surface area contributed by atoms with Crippen LogP contribution in [0.3, 0.4) is 0 Å². The molecule has 2 rings (SSSR count). The monoisotopic (exact) mass is 285 g/mol. The van der Waals surface area contributed by atoms with Crippen molar-refractivity contribution in [1.29, 1.82) is 0 Å². The molecule has 2 aliphatic heterocycles. The quantitative estimate of drug-likeness (QED) is 0.779. The molecule has 1 N–H and O–H groups in total. The SMILES string of the molecule is CCCNC(CC(C)OC)C1CCOC2(CCOC2)C1. The fraction of sp³-hybridized carbons (Fsp3) is 1.00. The van der Waals surface area contributed by atoms with Gasteiger partial charge in [0.1, 0.15) is 0 Å². The molecule has 118 valence electrons. The molecule has 0 aliphatic carbocycles. The predicted molar refractivity (Wildman–Crippen MR) is 80.0 cm³/mol. The van der Waals surface area contributed by atoms with Crippen LogP contribution in [0.2, 0.25) is 0 Å². The summed E-state index contributed by atoms with van der Waals surface area (Å²) >= 11 is 0. The Morgan fingerprint density at radius 2 is 2.25 bits per heavy atom. The summed E-state index contributed by atoms with van der Waals surface area (Å²) < 4.78 is 17.1. The highest BCUT2D eigenvalue weighted by molar-refractivity contribution is 4.94. The second-order valence-electron chi connectivity index (χ2n) is 6.43. The first-order chi connectivity index (χ1) is 9.69. The van der Waals surface area contributed by atoms with Crippen LogP contribution in [0.5, 0.6) is 0 Å². The summed E-state index contributed by atoms with van der Waals surface area (Å²) in [5.41, 5.74) is 0.00533. The minimum atomic E-state index is 0.00533. The van der Waals surface area contributed by atoms with Crippen LogP contribution >= 0.6 is 0 Å². The highest BCUT2D eigenvalue weighted by Gasteiger charge is 2.42. The molecule has 0 amide bonds. The third kappa shape index (κ3) is 4.17. The minimum Gasteiger partial charge on any atom is -0.382 e. The smallest absolute Gasteiger partial charge is 0.0939 e. The largest absolute Gasteiger partial charge is 0.382 e. The van der Waals surface area contributed by atoms with Gasteiger partial charge in [0.25, 0.3) is 0 Å². The highest BCUT2D eigenvalue weighted by Crippen LogP contribution is 2.37. The van der Waals surface area contributed by atoms with Crippen molar-refractivity contribution in [3.63, 3.8) is 0 Å². The summed E-state index contributed by atoms with van der Waals surface area (Å²) in [6, 6.07) is 0.534. The summed E-state index contributed by atoms with van der Waals surface area (Å²) in [6.07, 6.45) is 5.91. The van der Waals surface area contributed by atoms with Crippen molar-refractivity contribution < 1.29 is 14.2 Å². The van der Waals surface area contributed by atoms with Gasteiger partial charge in [-0.3, -0.25) is 0 Å². The van der Waals surface area contributed by atoms with Crippen LogP contribution in [0, 0.1) is 5.92 Å². The van der Waals surface area contributed by atoms with Crippen molar-refractivity contribution in [2.45, 2.75) is 63.7 Å². The first kappa shape index (κ1) is 16.2. The molecule has 0 aromatic carbocycles. The van der Waals surface area contributed by atoms with Gasteiger partial charge in [0.2, 0.25) is 0 Å². The average Bonchev–Trinajstić information content (AvgIpc) is 2.91. The molecule has 2 fully saturated rings. The van der Waals surface area contributed by atoms with E-state index < -0.39 is 0 Å². The Morgan fingerprint density at radius 1 is 1.40 bits per heavy atom. The van der Waals surface area contributed by atoms with Crippen molar-refractivity contribution in [2.24, 2.45) is 5.92 Å². The lowest BCUT2D eigenvalue weighted by atomic mass is 9.79. The van der Waals surface area contributed by atoms with Gasteiger partial charge >= 0.3 is 0 Å². The van der Waals surface area contributed by atoms with Gasteiger partial charge in [-0.25, -0.2) is 0 Å². The zero-order valence-corrected chi connectivity index (χ0v) is 13.3. The molecule has 4 unspecified atom stereocenters. The van der Waals surface area contributed by atoms with Crippen LogP contribution in [0.4, 0.5) is 0 Å². The summed E-state index contributed by atoms with van der Waals surface area (Å²) in [5, 5.41) is 3.73. The lowest BCUT2D eigenvalue weighted by Crippen LogP contribution is -2.48. The maximum absolute atomic E-state index is 6.06. The molecule has 0 radical (unpaired) electrons. The van der Waals surface area contributed by atoms with E-state index in [4.69, 9.17) is 14.2 Å². The number of ether oxygens (including phenoxy) is 3. The van der Waals surface area contributed by atoms with E-state index in [1.807, 2.05) is 0 Å². The van der Waals surface area contributed by atoms with E-state index >= 15 is 0 Å². The molecule has 1 spiro atoms. The van der Waals surface area contributed by atoms with Gasteiger partial charge in [0, 0.05) is 32.8 Å². The van der Waals surface area contributed by atoms with Crippen LogP contribution in [0.15, 0.2) is 0 Å². The van der Waals surface area contributed by atoms with Crippen LogP contribution < -0.4 is 5.32 Å². The number of methoxy groups -OCH3 is 1. The summed E-state index contributed by atoms with van der Waals surface area (Å²) in [7, 11) is 1.80. The summed E-state index contributed by atoms with van der Waals surface area (Å²) in [5.74, 6) is 0.676. The Kier molecular flexibility index (Phi) is 6.27. The lowest BCUT2D eigenvalue weighted by molar-refractivity contribution is -0.105. The molecule has 2 aliphatic rings. The van der Waals surface area contributed by atoms with Crippen molar-refractivity contribution in [3.05, 3.63) is 0 Å². The van der Waals surface area contributed by atoms with Crippen LogP contribution in [0.1, 0.15) is 46.0 Å². The average molecular weight is 285 g/mol. The van der Waals surface area contributed by atoms with Gasteiger partial charge in [-0.05, 0) is 45.1 Å². The maximum atomic E-state index is 6.06. The van der Waals surface area contributed by atoms with E-state index in [2.05, 4.69) is 19.2 Å². The summed E-state index contributed by atoms with van der Waals surface area (Å²) in [6.45, 7) is 7.98. The molecule has 2 saturated heterocycles. The van der Waals surface area contributed by atoms with Gasteiger partial charge < -0.3 is 19.5 Å². The molecule has 0 bridgehead atoms. The highest BCUT2D eigenvalue weighted by atomic mass is 16.6. The van der Waals surface area contributed by atoms with Gasteiger partial charge in [0.05, 0.1) is 18.3 Å². The Bertz CT molecular complexity index is 279. The van der Waals surface area contributed by atoms with E-state index in [9.17, 15) is 0 Å². The third-order valence-electron chi connectivity index (χ3n) is 4.81. The fourth-order valence-electron chi connectivity index (χ4n) is 3.50. The Morgan fingerprint density at radius 3 is 2.90 bits per heavy atom. The molecular weight excluding hydrogens is 254 g/mol. The molecule has 4 nitrogen and oxygen atoms in total. The Balaban J connectivity index is 1.95. The van der Waals surface area contributed by atoms with Crippen molar-refractivity contribution >= 4 is 0 Å². The first-order valence-corrected chi connectivity index (χ1v) is 8.17. The molecule has 0 saturated carbocycles. The van der Waals surface area contributed by atoms with Crippen molar-refractivity contribution in [3.8, 4) is 0 Å². The number of hydrogen-bond acceptors (Lipinski definition) is 4. The van der Waals surface area contributed by atoms with Gasteiger partial charge in [-0.1, -0.05) is 6.92 Å². The van der Waals surface area contributed by atoms with E-state index in [1.54, 1.807) is 7.11 Å². The summed E-state index contributed by atoms with van der Waals surface area (Å²) in [4.78, 5) is 0. The predicted octanol–water partition coefficient (Wildman–Crippen LogP) is 2.37. The zero-order valence-electron chi connectivity index (χ0n) is 13.3. The van der Waals surface area contributed by atoms with Crippen molar-refractivity contribution in [2.75, 3.05) is 33.5 Å². The number of rotatable bonds is 7. The normalized spacial score (nSPS) is 33.5. The number of hydrogen-bond donors (Lipinski definition) is 1. The molecule has 4 atom stereocenters. The molecule has 0 aromatic rings. The van der Waals surface area contributed by atoms with Crippen LogP contribution in [-0.2, 0) is 14.2 Å². The Hall–Kier alpha value is -0.160. The molecule has 4 heteroatoms. The molecule has 2 heterocycles. The van der Waals surface area contributed by atoms with E-state index in [0.29, 0.717) is 18.1 Å². The number of nitrogens with one attached hydrogen (secondary N) is 1. The van der Waals surface area contributed by atoms with Crippen LogP contribution in [0.25, 0.3) is 0 Å². The fourth-order valence-corrected chi connectivity index (χ4v) is 3.50. The third-order valence-corrected chi connectivity index (χ3v) is 4.81. The topological polar surface area (TPSA) is 39.7 Å². The maximum Gasteiger partial charge on any atom is 0.0939 e. The minimum absolute atomic E-state index is 0.00533. The van der Waals surface area contributed by atoms with Crippen molar-refractivity contribution in [1.82, 2.24) is 5.32 Å². The molecule has 20 heavy (non-hydrogen) atoms. The van der Waals surface area contributed by atoms with Crippen LogP contribution in [-0.4, -0.2) is 51.2 Å². The zero-order chi connectivity index (χ0) is 14.4. The second kappa shape index (κ2) is 7.74. The second-order valence-corrected chi connectivity index (χ2v) is 6.43. The van der Waals surface area contributed by atoms with E-state index in [1.165, 1.54) is 6.42 Å². The first-order valence-electron chi connectivity index (χ1n) is 8.17. The Labute approximate surface area is 123 Å². The lowest BCUT2D eigenvalue weighted by Gasteiger charge is -2.41.